The summed E-state index contributed by atoms with van der Waals surface area (Å²) in [5.41, 5.74) is 3.41. The Balaban J connectivity index is 1.48. The Morgan fingerprint density at radius 2 is 1.83 bits per heavy atom. The van der Waals surface area contributed by atoms with E-state index in [9.17, 15) is 14.4 Å². The van der Waals surface area contributed by atoms with E-state index in [0.717, 1.165) is 17.6 Å². The molecule has 1 aromatic heterocycles. The highest BCUT2D eigenvalue weighted by molar-refractivity contribution is 6.08. The molecule has 0 bridgehead atoms. The molecule has 0 aromatic carbocycles. The number of allylic oxidation sites excluding steroid dienone is 4. The van der Waals surface area contributed by atoms with Crippen molar-refractivity contribution in [2.24, 2.45) is 17.3 Å². The highest BCUT2D eigenvalue weighted by atomic mass is 16.5. The van der Waals surface area contributed by atoms with E-state index in [4.69, 9.17) is 4.52 Å². The maximum absolute atomic E-state index is 13.2. The van der Waals surface area contributed by atoms with Crippen LogP contribution in [0.25, 0.3) is 0 Å². The van der Waals surface area contributed by atoms with Crippen molar-refractivity contribution < 1.29 is 18.9 Å². The van der Waals surface area contributed by atoms with E-state index in [1.165, 1.54) is 11.8 Å². The van der Waals surface area contributed by atoms with Gasteiger partial charge in [0.1, 0.15) is 17.8 Å². The molecule has 2 heterocycles. The standard InChI is InChI=1S/C23H28N2O4/c1-14-10-15(2)20(16(3)11-14)21-18(26)12-23(13-19(21)27)5-7-25(8-6-23)22(28)17-4-9-29-24-17/h4,9-10,16,21H,5-8,11-13H2,1-3H3. The summed E-state index contributed by atoms with van der Waals surface area (Å²) in [6, 6.07) is 1.56. The molecular formula is C23H28N2O4. The van der Waals surface area contributed by atoms with Crippen LogP contribution < -0.4 is 0 Å². The minimum atomic E-state index is -0.574. The van der Waals surface area contributed by atoms with E-state index in [-0.39, 0.29) is 28.8 Å². The summed E-state index contributed by atoms with van der Waals surface area (Å²) < 4.78 is 4.76. The molecule has 4 rings (SSSR count). The van der Waals surface area contributed by atoms with E-state index in [0.29, 0.717) is 44.5 Å². The molecule has 1 unspecified atom stereocenters. The third-order valence-corrected chi connectivity index (χ3v) is 6.90. The van der Waals surface area contributed by atoms with Crippen LogP contribution in [0.1, 0.15) is 63.4 Å². The third-order valence-electron chi connectivity index (χ3n) is 6.90. The second-order valence-electron chi connectivity index (χ2n) is 9.13. The normalized spacial score (nSPS) is 25.6. The number of rotatable bonds is 2. The largest absolute Gasteiger partial charge is 0.364 e. The van der Waals surface area contributed by atoms with Crippen molar-refractivity contribution in [2.75, 3.05) is 13.1 Å². The van der Waals surface area contributed by atoms with Gasteiger partial charge in [0.05, 0.1) is 5.92 Å². The Kier molecular flexibility index (Phi) is 5.05. The topological polar surface area (TPSA) is 80.5 Å². The number of ketones is 2. The van der Waals surface area contributed by atoms with Gasteiger partial charge in [0.2, 0.25) is 0 Å². The van der Waals surface area contributed by atoms with Crippen molar-refractivity contribution in [1.29, 1.82) is 0 Å². The van der Waals surface area contributed by atoms with Gasteiger partial charge < -0.3 is 9.42 Å². The second-order valence-corrected chi connectivity index (χ2v) is 9.13. The van der Waals surface area contributed by atoms with Crippen LogP contribution in [0.5, 0.6) is 0 Å². The number of carbonyl (C=O) groups is 3. The zero-order chi connectivity index (χ0) is 20.8. The lowest BCUT2D eigenvalue weighted by Gasteiger charge is -2.45. The zero-order valence-corrected chi connectivity index (χ0v) is 17.4. The summed E-state index contributed by atoms with van der Waals surface area (Å²) in [4.78, 5) is 40.6. The average molecular weight is 396 g/mol. The molecule has 1 aromatic rings. The maximum atomic E-state index is 13.2. The van der Waals surface area contributed by atoms with Gasteiger partial charge in [0.15, 0.2) is 5.69 Å². The lowest BCUT2D eigenvalue weighted by atomic mass is 9.61. The third kappa shape index (κ3) is 3.61. The Morgan fingerprint density at radius 3 is 2.38 bits per heavy atom. The van der Waals surface area contributed by atoms with Crippen LogP contribution in [0.3, 0.4) is 0 Å². The number of carbonyl (C=O) groups excluding carboxylic acids is 3. The predicted molar refractivity (Wildman–Crippen MR) is 107 cm³/mol. The first-order valence-electron chi connectivity index (χ1n) is 10.4. The minimum absolute atomic E-state index is 0.0617. The molecule has 29 heavy (non-hydrogen) atoms. The van der Waals surface area contributed by atoms with Crippen molar-refractivity contribution in [1.82, 2.24) is 10.1 Å². The summed E-state index contributed by atoms with van der Waals surface area (Å²) in [5, 5.41) is 3.72. The van der Waals surface area contributed by atoms with E-state index >= 15 is 0 Å². The first-order chi connectivity index (χ1) is 13.8. The van der Waals surface area contributed by atoms with Crippen molar-refractivity contribution >= 4 is 17.5 Å². The molecule has 1 atom stereocenters. The van der Waals surface area contributed by atoms with Crippen LogP contribution in [0.2, 0.25) is 0 Å². The fourth-order valence-corrected chi connectivity index (χ4v) is 5.56. The molecule has 6 nitrogen and oxygen atoms in total. The van der Waals surface area contributed by atoms with Crippen molar-refractivity contribution in [3.05, 3.63) is 40.8 Å². The first-order valence-corrected chi connectivity index (χ1v) is 10.4. The molecule has 1 saturated carbocycles. The highest BCUT2D eigenvalue weighted by Gasteiger charge is 2.48. The Hall–Kier alpha value is -2.50. The predicted octanol–water partition coefficient (Wildman–Crippen LogP) is 3.75. The Labute approximate surface area is 171 Å². The number of amides is 1. The average Bonchev–Trinajstić information content (AvgIpc) is 3.18. The van der Waals surface area contributed by atoms with Gasteiger partial charge in [-0.3, -0.25) is 14.4 Å². The summed E-state index contributed by atoms with van der Waals surface area (Å²) in [7, 11) is 0. The summed E-state index contributed by atoms with van der Waals surface area (Å²) in [6.45, 7) is 7.32. The molecule has 0 radical (unpaired) electrons. The van der Waals surface area contributed by atoms with Gasteiger partial charge >= 0.3 is 0 Å². The van der Waals surface area contributed by atoms with Gasteiger partial charge in [-0.1, -0.05) is 29.3 Å². The fraction of sp³-hybridized carbons (Fsp3) is 0.565. The molecule has 6 heteroatoms. The number of nitrogens with zero attached hydrogens (tertiary/aromatic N) is 2. The van der Waals surface area contributed by atoms with Crippen molar-refractivity contribution in [3.63, 3.8) is 0 Å². The van der Waals surface area contributed by atoms with Crippen molar-refractivity contribution in [3.8, 4) is 0 Å². The number of piperidine rings is 1. The molecule has 0 N–H and O–H groups in total. The number of hydrogen-bond acceptors (Lipinski definition) is 5. The number of likely N-dealkylation sites (tertiary alicyclic amines) is 1. The molecule has 1 saturated heterocycles. The van der Waals surface area contributed by atoms with Gasteiger partial charge in [0.25, 0.3) is 5.91 Å². The van der Waals surface area contributed by atoms with E-state index in [1.807, 2.05) is 6.92 Å². The molecular weight excluding hydrogens is 368 g/mol. The lowest BCUT2D eigenvalue weighted by Crippen LogP contribution is -2.49. The van der Waals surface area contributed by atoms with E-state index in [2.05, 4.69) is 25.1 Å². The van der Waals surface area contributed by atoms with Crippen LogP contribution in [-0.4, -0.2) is 40.6 Å². The molecule has 154 valence electrons. The van der Waals surface area contributed by atoms with Crippen LogP contribution in [0.15, 0.2) is 39.6 Å². The summed E-state index contributed by atoms with van der Waals surface area (Å²) in [5.74, 6) is -0.374. The van der Waals surface area contributed by atoms with Gasteiger partial charge in [0, 0.05) is 32.0 Å². The molecule has 1 spiro atoms. The lowest BCUT2D eigenvalue weighted by molar-refractivity contribution is -0.140. The van der Waals surface area contributed by atoms with Gasteiger partial charge in [-0.25, -0.2) is 0 Å². The van der Waals surface area contributed by atoms with Crippen LogP contribution in [0, 0.1) is 17.3 Å². The highest BCUT2D eigenvalue weighted by Crippen LogP contribution is 2.47. The SMILES string of the molecule is CC1=CC(C)=C(C2C(=O)CC3(CCN(C(=O)c4ccon4)CC3)CC2=O)C(C)C1. The van der Waals surface area contributed by atoms with Gasteiger partial charge in [-0.05, 0) is 50.0 Å². The van der Waals surface area contributed by atoms with Gasteiger partial charge in [-0.15, -0.1) is 0 Å². The van der Waals surface area contributed by atoms with Crippen LogP contribution in [-0.2, 0) is 9.59 Å². The zero-order valence-electron chi connectivity index (χ0n) is 17.4. The number of hydrogen-bond donors (Lipinski definition) is 0. The fourth-order valence-electron chi connectivity index (χ4n) is 5.56. The second kappa shape index (κ2) is 7.39. The molecule has 2 aliphatic carbocycles. The molecule has 2 fully saturated rings. The van der Waals surface area contributed by atoms with Crippen LogP contribution in [0.4, 0.5) is 0 Å². The number of aromatic nitrogens is 1. The Bertz CT molecular complexity index is 881. The van der Waals surface area contributed by atoms with Crippen molar-refractivity contribution in [2.45, 2.75) is 52.9 Å². The molecule has 1 amide bonds. The quantitative estimate of drug-likeness (QED) is 0.711. The monoisotopic (exact) mass is 396 g/mol. The van der Waals surface area contributed by atoms with Crippen LogP contribution >= 0.6 is 0 Å². The first kappa shape index (κ1) is 19.8. The van der Waals surface area contributed by atoms with E-state index < -0.39 is 5.92 Å². The van der Waals surface area contributed by atoms with E-state index in [1.54, 1.807) is 11.0 Å². The summed E-state index contributed by atoms with van der Waals surface area (Å²) in [6.07, 6.45) is 6.63. The van der Waals surface area contributed by atoms with Gasteiger partial charge in [-0.2, -0.15) is 0 Å². The Morgan fingerprint density at radius 1 is 1.17 bits per heavy atom. The smallest absolute Gasteiger partial charge is 0.276 e. The summed E-state index contributed by atoms with van der Waals surface area (Å²) >= 11 is 0. The molecule has 1 aliphatic heterocycles. The number of Topliss-reactive ketones (excluding diaryl/α,β-unsaturated/α-hetero) is 2. The molecule has 3 aliphatic rings. The minimum Gasteiger partial charge on any atom is -0.364 e. The maximum Gasteiger partial charge on any atom is 0.276 e.